The summed E-state index contributed by atoms with van der Waals surface area (Å²) in [5.74, 6) is -0.536. The van der Waals surface area contributed by atoms with E-state index in [1.807, 2.05) is 6.07 Å². The Balaban J connectivity index is 1.69. The van der Waals surface area contributed by atoms with Gasteiger partial charge in [0.05, 0.1) is 0 Å². The van der Waals surface area contributed by atoms with E-state index in [0.717, 1.165) is 4.47 Å². The third-order valence-electron chi connectivity index (χ3n) is 3.24. The summed E-state index contributed by atoms with van der Waals surface area (Å²) in [6.07, 6.45) is 0. The van der Waals surface area contributed by atoms with Gasteiger partial charge in [0.15, 0.2) is 10.7 Å². The first-order chi connectivity index (χ1) is 12.4. The van der Waals surface area contributed by atoms with Crippen molar-refractivity contribution in [3.8, 4) is 0 Å². The zero-order chi connectivity index (χ0) is 18.7. The Morgan fingerprint density at radius 2 is 1.96 bits per heavy atom. The van der Waals surface area contributed by atoms with Crippen LogP contribution in [0.2, 0.25) is 0 Å². The predicted octanol–water partition coefficient (Wildman–Crippen LogP) is 3.68. The number of halogens is 1. The van der Waals surface area contributed by atoms with Crippen molar-refractivity contribution in [2.45, 2.75) is 6.92 Å². The van der Waals surface area contributed by atoms with Gasteiger partial charge in [-0.2, -0.15) is 4.98 Å². The predicted molar refractivity (Wildman–Crippen MR) is 106 cm³/mol. The van der Waals surface area contributed by atoms with Crippen molar-refractivity contribution in [3.05, 3.63) is 52.5 Å². The molecule has 3 rings (SSSR count). The first-order valence-corrected chi connectivity index (χ1v) is 8.67. The van der Waals surface area contributed by atoms with Crippen LogP contribution in [0.15, 0.2) is 51.4 Å². The standard InChI is InChI=1S/C17H13BrN4O3S/c1-9(23)19-12-5-6-13-14(8-12)25-16(20-13)22-17(26)21-15(24)10-3-2-4-11(18)7-10/h2-8H,1H3,(H,19,23)(H2,20,21,22,24,26). The summed E-state index contributed by atoms with van der Waals surface area (Å²) in [5, 5.41) is 8.01. The molecular formula is C17H13BrN4O3S. The highest BCUT2D eigenvalue weighted by atomic mass is 79.9. The van der Waals surface area contributed by atoms with E-state index in [9.17, 15) is 9.59 Å². The maximum atomic E-state index is 12.2. The lowest BCUT2D eigenvalue weighted by atomic mass is 10.2. The number of rotatable bonds is 3. The number of carbonyl (C=O) groups is 2. The number of fused-ring (bicyclic) bond motifs is 1. The third kappa shape index (κ3) is 4.44. The zero-order valence-electron chi connectivity index (χ0n) is 13.5. The molecule has 0 aliphatic heterocycles. The lowest BCUT2D eigenvalue weighted by Gasteiger charge is -2.06. The van der Waals surface area contributed by atoms with E-state index < -0.39 is 0 Å². The molecule has 132 valence electrons. The molecule has 0 aliphatic carbocycles. The molecule has 9 heteroatoms. The minimum Gasteiger partial charge on any atom is -0.423 e. The Morgan fingerprint density at radius 3 is 2.69 bits per heavy atom. The summed E-state index contributed by atoms with van der Waals surface area (Å²) >= 11 is 8.43. The summed E-state index contributed by atoms with van der Waals surface area (Å²) in [4.78, 5) is 27.5. The van der Waals surface area contributed by atoms with Crippen molar-refractivity contribution >= 4 is 67.9 Å². The van der Waals surface area contributed by atoms with Gasteiger partial charge in [0, 0.05) is 28.7 Å². The van der Waals surface area contributed by atoms with Crippen LogP contribution in [0, 0.1) is 0 Å². The zero-order valence-corrected chi connectivity index (χ0v) is 15.9. The summed E-state index contributed by atoms with van der Waals surface area (Å²) in [7, 11) is 0. The van der Waals surface area contributed by atoms with Crippen LogP contribution >= 0.6 is 28.1 Å². The second-order valence-corrected chi connectivity index (χ2v) is 6.63. The first-order valence-electron chi connectivity index (χ1n) is 7.47. The van der Waals surface area contributed by atoms with E-state index in [0.29, 0.717) is 22.4 Å². The van der Waals surface area contributed by atoms with E-state index in [1.54, 1.807) is 36.4 Å². The van der Waals surface area contributed by atoms with Crippen LogP contribution in [-0.4, -0.2) is 21.9 Å². The second-order valence-electron chi connectivity index (χ2n) is 5.30. The summed E-state index contributed by atoms with van der Waals surface area (Å²) in [5.41, 5.74) is 2.11. The molecule has 3 N–H and O–H groups in total. The fourth-order valence-corrected chi connectivity index (χ4v) is 2.77. The van der Waals surface area contributed by atoms with Gasteiger partial charge in [0.1, 0.15) is 5.52 Å². The Hall–Kier alpha value is -2.78. The molecule has 0 unspecified atom stereocenters. The molecule has 0 atom stereocenters. The molecular weight excluding hydrogens is 420 g/mol. The van der Waals surface area contributed by atoms with Crippen LogP contribution in [0.25, 0.3) is 11.1 Å². The van der Waals surface area contributed by atoms with E-state index in [1.165, 1.54) is 6.92 Å². The van der Waals surface area contributed by atoms with E-state index in [4.69, 9.17) is 16.6 Å². The Kier molecular flexibility index (Phi) is 5.29. The molecule has 0 saturated heterocycles. The van der Waals surface area contributed by atoms with Gasteiger partial charge in [0.25, 0.3) is 5.91 Å². The fourth-order valence-electron chi connectivity index (χ4n) is 2.19. The Morgan fingerprint density at radius 1 is 1.15 bits per heavy atom. The van der Waals surface area contributed by atoms with E-state index in [2.05, 4.69) is 36.9 Å². The molecule has 0 radical (unpaired) electrons. The summed E-state index contributed by atoms with van der Waals surface area (Å²) < 4.78 is 6.34. The average molecular weight is 433 g/mol. The first kappa shape index (κ1) is 18.0. The lowest BCUT2D eigenvalue weighted by molar-refractivity contribution is -0.114. The van der Waals surface area contributed by atoms with Crippen molar-refractivity contribution in [1.82, 2.24) is 10.3 Å². The van der Waals surface area contributed by atoms with E-state index in [-0.39, 0.29) is 22.9 Å². The van der Waals surface area contributed by atoms with Gasteiger partial charge >= 0.3 is 6.01 Å². The minimum atomic E-state index is -0.354. The van der Waals surface area contributed by atoms with Gasteiger partial charge < -0.3 is 9.73 Å². The number of hydrogen-bond acceptors (Lipinski definition) is 5. The number of amides is 2. The second kappa shape index (κ2) is 7.63. The van der Waals surface area contributed by atoms with Crippen LogP contribution in [0.4, 0.5) is 11.7 Å². The molecule has 0 aliphatic rings. The number of nitrogens with one attached hydrogen (secondary N) is 3. The summed E-state index contributed by atoms with van der Waals surface area (Å²) in [6.45, 7) is 1.42. The number of anilines is 2. The number of carbonyl (C=O) groups excluding carboxylic acids is 2. The minimum absolute atomic E-state index is 0.0589. The van der Waals surface area contributed by atoms with Crippen LogP contribution in [0.3, 0.4) is 0 Å². The number of aromatic nitrogens is 1. The maximum Gasteiger partial charge on any atom is 0.302 e. The van der Waals surface area contributed by atoms with Gasteiger partial charge in [-0.25, -0.2) is 0 Å². The topological polar surface area (TPSA) is 96.3 Å². The quantitative estimate of drug-likeness (QED) is 0.546. The molecule has 0 fully saturated rings. The average Bonchev–Trinajstić information content (AvgIpc) is 2.95. The summed E-state index contributed by atoms with van der Waals surface area (Å²) in [6, 6.07) is 12.1. The molecule has 2 amide bonds. The van der Waals surface area contributed by atoms with Crippen LogP contribution in [0.5, 0.6) is 0 Å². The molecule has 0 bridgehead atoms. The van der Waals surface area contributed by atoms with Gasteiger partial charge in [-0.15, -0.1) is 0 Å². The van der Waals surface area contributed by atoms with Crippen molar-refractivity contribution in [3.63, 3.8) is 0 Å². The fraction of sp³-hybridized carbons (Fsp3) is 0.0588. The molecule has 1 aromatic heterocycles. The van der Waals surface area contributed by atoms with Crippen molar-refractivity contribution in [1.29, 1.82) is 0 Å². The molecule has 7 nitrogen and oxygen atoms in total. The molecule has 0 saturated carbocycles. The largest absolute Gasteiger partial charge is 0.423 e. The Bertz CT molecular complexity index is 1020. The number of oxazole rings is 1. The molecule has 3 aromatic rings. The monoisotopic (exact) mass is 432 g/mol. The van der Waals surface area contributed by atoms with Crippen LogP contribution in [-0.2, 0) is 4.79 Å². The molecule has 26 heavy (non-hydrogen) atoms. The van der Waals surface area contributed by atoms with Gasteiger partial charge in [-0.3, -0.25) is 20.2 Å². The number of hydrogen-bond donors (Lipinski definition) is 3. The smallest absolute Gasteiger partial charge is 0.302 e. The Labute approximate surface area is 162 Å². The van der Waals surface area contributed by atoms with Crippen LogP contribution in [0.1, 0.15) is 17.3 Å². The van der Waals surface area contributed by atoms with Gasteiger partial charge in [0.2, 0.25) is 5.91 Å². The SMILES string of the molecule is CC(=O)Nc1ccc2nc(NC(=S)NC(=O)c3cccc(Br)c3)oc2c1. The van der Waals surface area contributed by atoms with Crippen molar-refractivity contribution in [2.75, 3.05) is 10.6 Å². The third-order valence-corrected chi connectivity index (χ3v) is 3.94. The maximum absolute atomic E-state index is 12.2. The highest BCUT2D eigenvalue weighted by Gasteiger charge is 2.12. The van der Waals surface area contributed by atoms with Crippen molar-refractivity contribution < 1.29 is 14.0 Å². The lowest BCUT2D eigenvalue weighted by Crippen LogP contribution is -2.34. The molecule has 2 aromatic carbocycles. The number of nitrogens with zero attached hydrogens (tertiary/aromatic N) is 1. The number of benzene rings is 2. The molecule has 0 spiro atoms. The number of thiocarbonyl (C=S) groups is 1. The van der Waals surface area contributed by atoms with Crippen LogP contribution < -0.4 is 16.0 Å². The molecule has 1 heterocycles. The van der Waals surface area contributed by atoms with E-state index >= 15 is 0 Å². The normalized spacial score (nSPS) is 10.4. The van der Waals surface area contributed by atoms with Gasteiger partial charge in [-0.1, -0.05) is 22.0 Å². The van der Waals surface area contributed by atoms with Crippen molar-refractivity contribution in [2.24, 2.45) is 0 Å². The highest BCUT2D eigenvalue weighted by molar-refractivity contribution is 9.10. The van der Waals surface area contributed by atoms with Gasteiger partial charge in [-0.05, 0) is 42.5 Å². The highest BCUT2D eigenvalue weighted by Crippen LogP contribution is 2.22.